The fourth-order valence-corrected chi connectivity index (χ4v) is 1.79. The molecule has 76 valence electrons. The van der Waals surface area contributed by atoms with Crippen molar-refractivity contribution in [1.29, 1.82) is 0 Å². The smallest absolute Gasteiger partial charge is 0.217 e. The Labute approximate surface area is 91.3 Å². The van der Waals surface area contributed by atoms with Crippen LogP contribution in [0.2, 0.25) is 0 Å². The lowest BCUT2D eigenvalue weighted by molar-refractivity contribution is -0.120. The molecule has 1 rings (SSSR count). The number of rotatable bonds is 3. The quantitative estimate of drug-likeness (QED) is 0.865. The van der Waals surface area contributed by atoms with E-state index in [0.717, 1.165) is 10.0 Å². The predicted molar refractivity (Wildman–Crippen MR) is 57.8 cm³/mol. The van der Waals surface area contributed by atoms with Gasteiger partial charge in [-0.2, -0.15) is 0 Å². The maximum Gasteiger partial charge on any atom is 0.217 e. The second-order valence-electron chi connectivity index (χ2n) is 2.96. The van der Waals surface area contributed by atoms with Gasteiger partial charge in [-0.3, -0.25) is 4.79 Å². The maximum atomic E-state index is 10.9. The minimum absolute atomic E-state index is 0.109. The molecule has 0 aliphatic carbocycles. The lowest BCUT2D eigenvalue weighted by Crippen LogP contribution is -2.28. The molecule has 1 unspecified atom stereocenters. The summed E-state index contributed by atoms with van der Waals surface area (Å²) in [4.78, 5) is 10.9. The Kier molecular flexibility index (Phi) is 4.10. The van der Waals surface area contributed by atoms with Crippen LogP contribution < -0.4 is 5.32 Å². The minimum Gasteiger partial charge on any atom is -0.394 e. The van der Waals surface area contributed by atoms with Gasteiger partial charge in [0.25, 0.3) is 0 Å². The van der Waals surface area contributed by atoms with Gasteiger partial charge in [-0.25, -0.2) is 0 Å². The van der Waals surface area contributed by atoms with E-state index < -0.39 is 0 Å². The van der Waals surface area contributed by atoms with Crippen molar-refractivity contribution < 1.29 is 9.90 Å². The Morgan fingerprint density at radius 2 is 2.21 bits per heavy atom. The number of aliphatic hydroxyl groups is 1. The highest BCUT2D eigenvalue weighted by Crippen LogP contribution is 2.22. The fraction of sp³-hybridized carbons (Fsp3) is 0.300. The van der Waals surface area contributed by atoms with Crippen molar-refractivity contribution in [1.82, 2.24) is 5.32 Å². The van der Waals surface area contributed by atoms with Crippen LogP contribution in [0.4, 0.5) is 0 Å². The average Bonchev–Trinajstić information content (AvgIpc) is 2.15. The summed E-state index contributed by atoms with van der Waals surface area (Å²) < 4.78 is 0.882. The molecule has 14 heavy (non-hydrogen) atoms. The highest BCUT2D eigenvalue weighted by Gasteiger charge is 2.13. The van der Waals surface area contributed by atoms with Crippen molar-refractivity contribution in [3.05, 3.63) is 34.3 Å². The third-order valence-electron chi connectivity index (χ3n) is 1.84. The minimum atomic E-state index is -0.344. The van der Waals surface area contributed by atoms with Crippen molar-refractivity contribution in [3.63, 3.8) is 0 Å². The molecule has 0 heterocycles. The van der Waals surface area contributed by atoms with E-state index in [2.05, 4.69) is 21.2 Å². The number of carbonyl (C=O) groups is 1. The first kappa shape index (κ1) is 11.2. The van der Waals surface area contributed by atoms with Crippen molar-refractivity contribution in [2.75, 3.05) is 6.61 Å². The Bertz CT molecular complexity index is 328. The largest absolute Gasteiger partial charge is 0.394 e. The van der Waals surface area contributed by atoms with Crippen LogP contribution in [0.15, 0.2) is 28.7 Å². The highest BCUT2D eigenvalue weighted by molar-refractivity contribution is 9.10. The van der Waals surface area contributed by atoms with Gasteiger partial charge in [-0.15, -0.1) is 0 Å². The van der Waals surface area contributed by atoms with E-state index in [1.807, 2.05) is 24.3 Å². The molecule has 0 saturated carbocycles. The zero-order chi connectivity index (χ0) is 10.6. The zero-order valence-corrected chi connectivity index (χ0v) is 9.41. The molecule has 0 spiro atoms. The van der Waals surface area contributed by atoms with Gasteiger partial charge < -0.3 is 10.4 Å². The molecule has 0 aliphatic heterocycles. The molecule has 0 bridgehead atoms. The number of hydrogen-bond acceptors (Lipinski definition) is 2. The lowest BCUT2D eigenvalue weighted by atomic mass is 10.1. The number of aliphatic hydroxyl groups excluding tert-OH is 1. The van der Waals surface area contributed by atoms with Crippen molar-refractivity contribution >= 4 is 21.8 Å². The van der Waals surface area contributed by atoms with E-state index in [4.69, 9.17) is 5.11 Å². The first-order valence-corrected chi connectivity index (χ1v) is 5.07. The predicted octanol–water partition coefficient (Wildman–Crippen LogP) is 1.62. The van der Waals surface area contributed by atoms with E-state index in [-0.39, 0.29) is 18.6 Å². The molecule has 1 atom stereocenters. The van der Waals surface area contributed by atoms with Gasteiger partial charge in [0.2, 0.25) is 5.91 Å². The van der Waals surface area contributed by atoms with Gasteiger partial charge in [-0.05, 0) is 11.6 Å². The first-order valence-electron chi connectivity index (χ1n) is 4.27. The molecule has 3 nitrogen and oxygen atoms in total. The molecule has 1 aromatic carbocycles. The van der Waals surface area contributed by atoms with Gasteiger partial charge in [0.05, 0.1) is 12.6 Å². The number of carbonyl (C=O) groups excluding carboxylic acids is 1. The van der Waals surface area contributed by atoms with Gasteiger partial charge in [0, 0.05) is 11.4 Å². The monoisotopic (exact) mass is 257 g/mol. The van der Waals surface area contributed by atoms with Crippen LogP contribution in [0.3, 0.4) is 0 Å². The van der Waals surface area contributed by atoms with Gasteiger partial charge in [0.1, 0.15) is 0 Å². The summed E-state index contributed by atoms with van der Waals surface area (Å²) in [7, 11) is 0. The summed E-state index contributed by atoms with van der Waals surface area (Å²) in [5.74, 6) is -0.153. The average molecular weight is 258 g/mol. The molecule has 2 N–H and O–H groups in total. The summed E-state index contributed by atoms with van der Waals surface area (Å²) in [6.07, 6.45) is 0. The molecular formula is C10H12BrNO2. The van der Waals surface area contributed by atoms with Crippen LogP contribution in [-0.2, 0) is 4.79 Å². The van der Waals surface area contributed by atoms with Gasteiger partial charge in [0.15, 0.2) is 0 Å². The van der Waals surface area contributed by atoms with Crippen molar-refractivity contribution in [2.24, 2.45) is 0 Å². The molecule has 0 aliphatic rings. The topological polar surface area (TPSA) is 49.3 Å². The number of nitrogens with one attached hydrogen (secondary N) is 1. The van der Waals surface area contributed by atoms with E-state index in [0.29, 0.717) is 0 Å². The number of halogens is 1. The summed E-state index contributed by atoms with van der Waals surface area (Å²) in [6, 6.07) is 7.14. The Hall–Kier alpha value is -0.870. The van der Waals surface area contributed by atoms with Crippen LogP contribution in [0, 0.1) is 0 Å². The van der Waals surface area contributed by atoms with Crippen LogP contribution in [0.5, 0.6) is 0 Å². The normalized spacial score (nSPS) is 12.2. The van der Waals surface area contributed by atoms with E-state index >= 15 is 0 Å². The molecule has 0 radical (unpaired) electrons. The molecule has 1 amide bonds. The van der Waals surface area contributed by atoms with Crippen molar-refractivity contribution in [2.45, 2.75) is 13.0 Å². The number of hydrogen-bond donors (Lipinski definition) is 2. The molecular weight excluding hydrogens is 246 g/mol. The molecule has 4 heteroatoms. The van der Waals surface area contributed by atoms with Crippen molar-refractivity contribution in [3.8, 4) is 0 Å². The van der Waals surface area contributed by atoms with E-state index in [1.54, 1.807) is 0 Å². The number of benzene rings is 1. The lowest BCUT2D eigenvalue weighted by Gasteiger charge is -2.16. The second-order valence-corrected chi connectivity index (χ2v) is 3.81. The summed E-state index contributed by atoms with van der Waals surface area (Å²) in [6.45, 7) is 1.32. The first-order chi connectivity index (χ1) is 6.65. The van der Waals surface area contributed by atoms with Crippen LogP contribution in [-0.4, -0.2) is 17.6 Å². The molecule has 1 aromatic rings. The molecule has 0 saturated heterocycles. The third kappa shape index (κ3) is 2.82. The third-order valence-corrected chi connectivity index (χ3v) is 2.56. The van der Waals surface area contributed by atoms with E-state index in [9.17, 15) is 4.79 Å². The molecule has 0 aromatic heterocycles. The Morgan fingerprint density at radius 1 is 1.57 bits per heavy atom. The second kappa shape index (κ2) is 5.12. The van der Waals surface area contributed by atoms with Crippen LogP contribution in [0.1, 0.15) is 18.5 Å². The summed E-state index contributed by atoms with van der Waals surface area (Å²) in [5, 5.41) is 11.8. The standard InChI is InChI=1S/C10H12BrNO2/c1-7(14)12-10(6-13)8-4-2-3-5-9(8)11/h2-5,10,13H,6H2,1H3,(H,12,14). The fourth-order valence-electron chi connectivity index (χ4n) is 1.22. The van der Waals surface area contributed by atoms with Gasteiger partial charge in [-0.1, -0.05) is 34.1 Å². The maximum absolute atomic E-state index is 10.9. The highest BCUT2D eigenvalue weighted by atomic mass is 79.9. The summed E-state index contributed by atoms with van der Waals surface area (Å²) >= 11 is 3.37. The van der Waals surface area contributed by atoms with Crippen LogP contribution >= 0.6 is 15.9 Å². The summed E-state index contributed by atoms with van der Waals surface area (Å²) in [5.41, 5.74) is 0.880. The SMILES string of the molecule is CC(=O)NC(CO)c1ccccc1Br. The Morgan fingerprint density at radius 3 is 2.71 bits per heavy atom. The van der Waals surface area contributed by atoms with Crippen LogP contribution in [0.25, 0.3) is 0 Å². The Balaban J connectivity index is 2.89. The number of amides is 1. The molecule has 0 fully saturated rings. The van der Waals surface area contributed by atoms with Gasteiger partial charge >= 0.3 is 0 Å². The zero-order valence-electron chi connectivity index (χ0n) is 7.83. The van der Waals surface area contributed by atoms with E-state index in [1.165, 1.54) is 6.92 Å².